The van der Waals surface area contributed by atoms with E-state index in [2.05, 4.69) is 107 Å². The fourth-order valence-corrected chi connectivity index (χ4v) is 11.2. The molecule has 2 aromatic rings. The van der Waals surface area contributed by atoms with Gasteiger partial charge in [0.05, 0.1) is 12.9 Å². The van der Waals surface area contributed by atoms with Crippen molar-refractivity contribution in [2.75, 3.05) is 11.9 Å². The molecule has 0 bridgehead atoms. The summed E-state index contributed by atoms with van der Waals surface area (Å²) in [6, 6.07) is 0. The summed E-state index contributed by atoms with van der Waals surface area (Å²) in [4.78, 5) is 25.8. The number of amides is 1. The Labute approximate surface area is 280 Å². The predicted octanol–water partition coefficient (Wildman–Crippen LogP) is 6.29. The predicted molar refractivity (Wildman–Crippen MR) is 184 cm³/mol. The van der Waals surface area contributed by atoms with Crippen LogP contribution in [0.25, 0.3) is 11.2 Å². The normalized spacial score (nSPS) is 26.4. The number of rotatable bonds is 7. The summed E-state index contributed by atoms with van der Waals surface area (Å²) in [5.41, 5.74) is 2.12. The molecular formula is C32H52ClN5O6Si2. The van der Waals surface area contributed by atoms with E-state index in [0.717, 1.165) is 0 Å². The standard InChI is InChI=1S/C32H52ClN5O6Si2/c1-18(2)28(39)37-30-35-26(33)24-27(36-30)38(17-34-24)29-31(40,14-15-45(11,12)13)25-23(42-29)16-41-32(19(3)4,20(5)6)44-46(43-25,21(7)8)22(9)10/h17-23,25,29,40H,16H2,1-13H3,(H,35,36,37,39)/t23-,25-,29-,31+/m1/s1. The number of halogens is 1. The number of aliphatic hydroxyl groups is 1. The molecule has 4 atom stereocenters. The van der Waals surface area contributed by atoms with Crippen LogP contribution in [0.2, 0.25) is 35.9 Å². The van der Waals surface area contributed by atoms with Crippen LogP contribution in [-0.4, -0.2) is 77.4 Å². The van der Waals surface area contributed by atoms with E-state index in [1.54, 1.807) is 18.4 Å². The van der Waals surface area contributed by atoms with Crippen molar-refractivity contribution in [2.45, 2.75) is 130 Å². The van der Waals surface area contributed by atoms with Crippen molar-refractivity contribution in [2.24, 2.45) is 17.8 Å². The van der Waals surface area contributed by atoms with Crippen LogP contribution < -0.4 is 5.32 Å². The molecule has 2 aliphatic rings. The van der Waals surface area contributed by atoms with Crippen LogP contribution in [0.4, 0.5) is 5.95 Å². The lowest BCUT2D eigenvalue weighted by Crippen LogP contribution is -2.66. The van der Waals surface area contributed by atoms with Crippen LogP contribution in [0.3, 0.4) is 0 Å². The second-order valence-corrected chi connectivity index (χ2v) is 24.5. The molecular weight excluding hydrogens is 642 g/mol. The highest BCUT2D eigenvalue weighted by atomic mass is 35.5. The number of nitrogens with zero attached hydrogens (tertiary/aromatic N) is 4. The van der Waals surface area contributed by atoms with E-state index in [1.807, 2.05) is 0 Å². The molecule has 0 unspecified atom stereocenters. The fourth-order valence-electron chi connectivity index (χ4n) is 6.24. The first kappa shape index (κ1) is 36.9. The number of anilines is 1. The highest BCUT2D eigenvalue weighted by Gasteiger charge is 2.65. The lowest BCUT2D eigenvalue weighted by atomic mass is 9.91. The highest BCUT2D eigenvalue weighted by Crippen LogP contribution is 2.51. The number of aromatic nitrogens is 4. The summed E-state index contributed by atoms with van der Waals surface area (Å²) in [5, 5.41) is 15.6. The number of carbonyl (C=O) groups is 1. The van der Waals surface area contributed by atoms with Gasteiger partial charge in [-0.2, -0.15) is 9.97 Å². The Bertz CT molecular complexity index is 1480. The maximum absolute atomic E-state index is 12.9. The first-order valence-corrected chi connectivity index (χ1v) is 22.2. The van der Waals surface area contributed by atoms with Crippen molar-refractivity contribution >= 4 is 51.3 Å². The molecule has 2 aromatic heterocycles. The summed E-state index contributed by atoms with van der Waals surface area (Å²) in [7, 11) is -5.19. The monoisotopic (exact) mass is 693 g/mol. The van der Waals surface area contributed by atoms with E-state index >= 15 is 0 Å². The number of ether oxygens (including phenoxy) is 2. The average molecular weight is 694 g/mol. The van der Waals surface area contributed by atoms with Gasteiger partial charge in [-0.1, -0.05) is 106 Å². The summed E-state index contributed by atoms with van der Waals surface area (Å²) in [5.74, 6) is 1.80. The second-order valence-electron chi connectivity index (χ2n) is 15.2. The second kappa shape index (κ2) is 13.2. The van der Waals surface area contributed by atoms with E-state index < -0.39 is 46.5 Å². The van der Waals surface area contributed by atoms with Gasteiger partial charge in [0, 0.05) is 17.8 Å². The maximum Gasteiger partial charge on any atom is 0.346 e. The molecule has 4 rings (SSSR count). The number of fused-ring (bicyclic) bond motifs is 2. The molecule has 0 saturated carbocycles. The van der Waals surface area contributed by atoms with E-state index in [1.165, 1.54) is 6.33 Å². The van der Waals surface area contributed by atoms with Gasteiger partial charge >= 0.3 is 8.56 Å². The van der Waals surface area contributed by atoms with Crippen molar-refractivity contribution < 1.29 is 28.2 Å². The molecule has 4 heterocycles. The van der Waals surface area contributed by atoms with Gasteiger partial charge in [-0.25, -0.2) is 4.98 Å². The third-order valence-electron chi connectivity index (χ3n) is 8.80. The summed E-state index contributed by atoms with van der Waals surface area (Å²) in [6.45, 7) is 26.8. The summed E-state index contributed by atoms with van der Waals surface area (Å²) < 4.78 is 29.6. The van der Waals surface area contributed by atoms with Crippen LogP contribution in [0.1, 0.15) is 75.5 Å². The number of imidazole rings is 1. The Morgan fingerprint density at radius 1 is 1.09 bits per heavy atom. The van der Waals surface area contributed by atoms with E-state index in [9.17, 15) is 9.90 Å². The molecule has 0 radical (unpaired) electrons. The molecule has 14 heteroatoms. The minimum Gasteiger partial charge on any atom is -0.384 e. The van der Waals surface area contributed by atoms with Crippen LogP contribution >= 0.6 is 11.6 Å². The lowest BCUT2D eigenvalue weighted by Gasteiger charge is -2.53. The molecule has 2 saturated heterocycles. The molecule has 46 heavy (non-hydrogen) atoms. The van der Waals surface area contributed by atoms with E-state index in [-0.39, 0.29) is 58.1 Å². The van der Waals surface area contributed by atoms with Crippen molar-refractivity contribution in [3.8, 4) is 11.5 Å². The van der Waals surface area contributed by atoms with Gasteiger partial charge in [-0.05, 0) is 11.1 Å². The van der Waals surface area contributed by atoms with E-state index in [4.69, 9.17) is 29.9 Å². The van der Waals surface area contributed by atoms with Crippen molar-refractivity contribution in [1.82, 2.24) is 19.5 Å². The molecule has 11 nitrogen and oxygen atoms in total. The fraction of sp³-hybridized carbons (Fsp3) is 0.750. The zero-order chi connectivity index (χ0) is 34.6. The van der Waals surface area contributed by atoms with Gasteiger partial charge in [-0.15, -0.1) is 5.54 Å². The maximum atomic E-state index is 12.9. The van der Waals surface area contributed by atoms with Gasteiger partial charge in [0.1, 0.15) is 25.8 Å². The minimum absolute atomic E-state index is 0.00715. The first-order valence-electron chi connectivity index (χ1n) is 16.3. The number of carbonyl (C=O) groups excluding carboxylic acids is 1. The van der Waals surface area contributed by atoms with E-state index in [0.29, 0.717) is 5.52 Å². The zero-order valence-electron chi connectivity index (χ0n) is 29.6. The minimum atomic E-state index is -3.19. The summed E-state index contributed by atoms with van der Waals surface area (Å²) in [6.07, 6.45) is -1.21. The van der Waals surface area contributed by atoms with Crippen molar-refractivity contribution in [1.29, 1.82) is 0 Å². The third kappa shape index (κ3) is 6.69. The van der Waals surface area contributed by atoms with Crippen LogP contribution in [0.5, 0.6) is 0 Å². The summed E-state index contributed by atoms with van der Waals surface area (Å²) >= 11 is 6.54. The molecule has 256 valence electrons. The number of hydrogen-bond acceptors (Lipinski definition) is 9. The van der Waals surface area contributed by atoms with Gasteiger partial charge in [0.2, 0.25) is 11.9 Å². The third-order valence-corrected chi connectivity index (χ3v) is 14.4. The van der Waals surface area contributed by atoms with Gasteiger partial charge in [0.25, 0.3) is 0 Å². The molecule has 0 spiro atoms. The van der Waals surface area contributed by atoms with Crippen LogP contribution in [0.15, 0.2) is 6.33 Å². The number of nitrogens with one attached hydrogen (secondary N) is 1. The zero-order valence-corrected chi connectivity index (χ0v) is 32.3. The van der Waals surface area contributed by atoms with Crippen LogP contribution in [-0.2, 0) is 23.1 Å². The highest BCUT2D eigenvalue weighted by molar-refractivity contribution is 6.83. The topological polar surface area (TPSA) is 130 Å². The SMILES string of the molecule is CC(C)C(=O)Nc1nc(Cl)c2ncn([C@@H]3O[C@@H]4COC(C(C)C)(C(C)C)O[Si](C(C)C)(C(C)C)O[C@H]4[C@@]3(O)C#C[Si](C)(C)C)c2n1. The van der Waals surface area contributed by atoms with Crippen molar-refractivity contribution in [3.63, 3.8) is 0 Å². The van der Waals surface area contributed by atoms with Crippen molar-refractivity contribution in [3.05, 3.63) is 11.5 Å². The molecule has 2 aliphatic heterocycles. The lowest BCUT2D eigenvalue weighted by molar-refractivity contribution is -0.278. The molecule has 2 N–H and O–H groups in total. The smallest absolute Gasteiger partial charge is 0.346 e. The Morgan fingerprint density at radius 3 is 2.22 bits per heavy atom. The molecule has 2 fully saturated rings. The van der Waals surface area contributed by atoms with Crippen LogP contribution in [0, 0.1) is 29.2 Å². The van der Waals surface area contributed by atoms with Gasteiger partial charge in [-0.3, -0.25) is 14.7 Å². The molecule has 1 amide bonds. The molecule has 0 aromatic carbocycles. The average Bonchev–Trinajstić information content (AvgIpc) is 3.45. The Morgan fingerprint density at radius 2 is 1.70 bits per heavy atom. The Kier molecular flexibility index (Phi) is 10.6. The van der Waals surface area contributed by atoms with Gasteiger partial charge < -0.3 is 23.4 Å². The Hall–Kier alpha value is -1.90. The number of hydrogen-bond donors (Lipinski definition) is 2. The first-order chi connectivity index (χ1) is 21.2. The quantitative estimate of drug-likeness (QED) is 0.195. The van der Waals surface area contributed by atoms with Gasteiger partial charge in [0.15, 0.2) is 28.4 Å². The largest absolute Gasteiger partial charge is 0.384 e. The molecule has 0 aliphatic carbocycles. The Balaban J connectivity index is 1.95.